The Morgan fingerprint density at radius 3 is 2.27 bits per heavy atom. The molecule has 8 heteroatoms. The number of pyridine rings is 1. The second-order valence-electron chi connectivity index (χ2n) is 7.05. The Hall–Kier alpha value is -2.93. The number of nitrogens with zero attached hydrogens (tertiary/aromatic N) is 3. The van der Waals surface area contributed by atoms with Gasteiger partial charge in [0.2, 0.25) is 5.91 Å². The van der Waals surface area contributed by atoms with Crippen LogP contribution in [0.5, 0.6) is 0 Å². The van der Waals surface area contributed by atoms with Gasteiger partial charge in [0.05, 0.1) is 27.5 Å². The topological polar surface area (TPSA) is 62.7 Å². The van der Waals surface area contributed by atoms with Gasteiger partial charge in [-0.25, -0.2) is 9.96 Å². The first-order valence-electron chi connectivity index (χ1n) is 9.30. The number of hydroxylamine groups is 1. The number of aromatic nitrogens is 1. The molecule has 2 amide bonds. The highest BCUT2D eigenvalue weighted by molar-refractivity contribution is 6.42. The quantitative estimate of drug-likeness (QED) is 0.564. The minimum atomic E-state index is -0.940. The second kappa shape index (κ2) is 7.40. The maximum Gasteiger partial charge on any atom is 0.266 e. The highest BCUT2D eigenvalue weighted by Gasteiger charge is 2.60. The molecule has 3 aromatic rings. The number of hydrogen-bond donors (Lipinski definition) is 0. The van der Waals surface area contributed by atoms with E-state index < -0.39 is 24.0 Å². The van der Waals surface area contributed by atoms with E-state index in [1.54, 1.807) is 29.6 Å². The zero-order chi connectivity index (χ0) is 20.8. The summed E-state index contributed by atoms with van der Waals surface area (Å²) in [5.74, 6) is -1.49. The van der Waals surface area contributed by atoms with Crippen molar-refractivity contribution in [2.75, 3.05) is 9.96 Å². The van der Waals surface area contributed by atoms with Crippen molar-refractivity contribution in [2.45, 2.75) is 12.1 Å². The lowest BCUT2D eigenvalue weighted by Gasteiger charge is -2.28. The number of benzene rings is 2. The molecular formula is C22H15Cl2N3O3. The molecular weight excluding hydrogens is 425 g/mol. The number of para-hydroxylation sites is 1. The average molecular weight is 440 g/mol. The number of carbonyl (C=O) groups excluding carboxylic acids is 2. The lowest BCUT2D eigenvalue weighted by atomic mass is 9.91. The summed E-state index contributed by atoms with van der Waals surface area (Å²) in [7, 11) is 0. The van der Waals surface area contributed by atoms with E-state index in [2.05, 4.69) is 4.98 Å². The molecule has 0 aliphatic carbocycles. The molecule has 0 spiro atoms. The molecule has 0 radical (unpaired) electrons. The lowest BCUT2D eigenvalue weighted by Crippen LogP contribution is -2.37. The number of fused-ring (bicyclic) bond motifs is 1. The molecule has 2 aliphatic heterocycles. The minimum absolute atomic E-state index is 0.268. The number of hydrogen-bond acceptors (Lipinski definition) is 5. The van der Waals surface area contributed by atoms with E-state index in [1.165, 1.54) is 6.07 Å². The Bertz CT molecular complexity index is 1130. The van der Waals surface area contributed by atoms with Gasteiger partial charge < -0.3 is 0 Å². The number of amides is 2. The van der Waals surface area contributed by atoms with E-state index in [-0.39, 0.29) is 10.9 Å². The van der Waals surface area contributed by atoms with Crippen LogP contribution >= 0.6 is 23.2 Å². The van der Waals surface area contributed by atoms with Crippen LogP contribution in [0.3, 0.4) is 0 Å². The molecule has 0 unspecified atom stereocenters. The zero-order valence-corrected chi connectivity index (χ0v) is 17.0. The molecule has 0 N–H and O–H groups in total. The fourth-order valence-electron chi connectivity index (χ4n) is 3.99. The first kappa shape index (κ1) is 19.1. The van der Waals surface area contributed by atoms with Crippen LogP contribution in [0, 0.1) is 5.92 Å². The third-order valence-electron chi connectivity index (χ3n) is 5.34. The van der Waals surface area contributed by atoms with Crippen molar-refractivity contribution in [3.05, 3.63) is 88.7 Å². The first-order chi connectivity index (χ1) is 14.6. The predicted molar refractivity (Wildman–Crippen MR) is 113 cm³/mol. The number of rotatable bonds is 3. The molecule has 0 bridgehead atoms. The van der Waals surface area contributed by atoms with Crippen molar-refractivity contribution >= 4 is 46.4 Å². The van der Waals surface area contributed by atoms with Gasteiger partial charge in [-0.1, -0.05) is 41.4 Å². The van der Waals surface area contributed by atoms with Gasteiger partial charge in [-0.05, 0) is 48.0 Å². The van der Waals surface area contributed by atoms with Crippen LogP contribution in [-0.2, 0) is 14.4 Å². The molecule has 30 heavy (non-hydrogen) atoms. The summed E-state index contributed by atoms with van der Waals surface area (Å²) in [6.45, 7) is 0. The van der Waals surface area contributed by atoms with Crippen LogP contribution in [0.4, 0.5) is 11.4 Å². The van der Waals surface area contributed by atoms with E-state index in [0.29, 0.717) is 10.7 Å². The monoisotopic (exact) mass is 439 g/mol. The number of imide groups is 1. The number of anilines is 2. The molecule has 0 saturated carbocycles. The molecule has 3 heterocycles. The van der Waals surface area contributed by atoms with E-state index in [9.17, 15) is 9.59 Å². The summed E-state index contributed by atoms with van der Waals surface area (Å²) < 4.78 is 0. The second-order valence-corrected chi connectivity index (χ2v) is 7.86. The number of halogens is 2. The summed E-state index contributed by atoms with van der Waals surface area (Å²) >= 11 is 12.1. The van der Waals surface area contributed by atoms with Crippen molar-refractivity contribution in [3.63, 3.8) is 0 Å². The molecule has 6 nitrogen and oxygen atoms in total. The van der Waals surface area contributed by atoms with Gasteiger partial charge in [0.1, 0.15) is 5.92 Å². The molecule has 1 aromatic heterocycles. The summed E-state index contributed by atoms with van der Waals surface area (Å²) in [6.07, 6.45) is 2.37. The van der Waals surface area contributed by atoms with Crippen molar-refractivity contribution in [1.29, 1.82) is 0 Å². The highest BCUT2D eigenvalue weighted by Crippen LogP contribution is 2.47. The average Bonchev–Trinajstić information content (AvgIpc) is 3.28. The SMILES string of the molecule is O=C1[C@@H]2[C@H](ON(c3ccccc3)[C@@H]2c2ccncc2)C(=O)N1c1ccc(Cl)c(Cl)c1. The van der Waals surface area contributed by atoms with Crippen LogP contribution in [0.15, 0.2) is 73.1 Å². The van der Waals surface area contributed by atoms with Gasteiger partial charge in [0.25, 0.3) is 5.91 Å². The Labute approximate surface area is 182 Å². The largest absolute Gasteiger partial charge is 0.273 e. The highest BCUT2D eigenvalue weighted by atomic mass is 35.5. The van der Waals surface area contributed by atoms with Gasteiger partial charge in [-0.15, -0.1) is 0 Å². The van der Waals surface area contributed by atoms with Gasteiger partial charge in [-0.3, -0.25) is 19.4 Å². The van der Waals surface area contributed by atoms with Crippen LogP contribution in [0.25, 0.3) is 0 Å². The van der Waals surface area contributed by atoms with Crippen LogP contribution < -0.4 is 9.96 Å². The van der Waals surface area contributed by atoms with Crippen molar-refractivity contribution in [1.82, 2.24) is 4.98 Å². The summed E-state index contributed by atoms with van der Waals surface area (Å²) in [4.78, 5) is 37.9. The molecule has 5 rings (SSSR count). The van der Waals surface area contributed by atoms with Gasteiger partial charge in [0, 0.05) is 12.4 Å². The van der Waals surface area contributed by atoms with Gasteiger partial charge in [-0.2, -0.15) is 0 Å². The van der Waals surface area contributed by atoms with Crippen molar-refractivity contribution in [3.8, 4) is 0 Å². The zero-order valence-electron chi connectivity index (χ0n) is 15.5. The first-order valence-corrected chi connectivity index (χ1v) is 10.1. The Balaban J connectivity index is 1.58. The maximum absolute atomic E-state index is 13.5. The standard InChI is InChI=1S/C22H15Cl2N3O3/c23-16-7-6-15(12-17(16)24)26-21(28)18-19(13-8-10-25-11-9-13)27(30-20(18)22(26)29)14-4-2-1-3-5-14/h1-12,18-20H/t18-,19+,20-/m0/s1. The molecule has 2 aliphatic rings. The van der Waals surface area contributed by atoms with Gasteiger partial charge >= 0.3 is 0 Å². The van der Waals surface area contributed by atoms with E-state index in [0.717, 1.165) is 16.2 Å². The molecule has 2 fully saturated rings. The molecule has 2 saturated heterocycles. The van der Waals surface area contributed by atoms with Crippen LogP contribution in [-0.4, -0.2) is 22.9 Å². The van der Waals surface area contributed by atoms with Crippen LogP contribution in [0.1, 0.15) is 11.6 Å². The van der Waals surface area contributed by atoms with E-state index in [1.807, 2.05) is 42.5 Å². The Kier molecular flexibility index (Phi) is 4.70. The Morgan fingerprint density at radius 1 is 0.833 bits per heavy atom. The summed E-state index contributed by atoms with van der Waals surface area (Å²) in [6, 6.07) is 17.2. The summed E-state index contributed by atoms with van der Waals surface area (Å²) in [5, 5.41) is 2.26. The van der Waals surface area contributed by atoms with Crippen molar-refractivity contribution in [2.24, 2.45) is 5.92 Å². The summed E-state index contributed by atoms with van der Waals surface area (Å²) in [5.41, 5.74) is 1.96. The maximum atomic E-state index is 13.5. The predicted octanol–water partition coefficient (Wildman–Crippen LogP) is 4.44. The fraction of sp³-hybridized carbons (Fsp3) is 0.136. The van der Waals surface area contributed by atoms with E-state index >= 15 is 0 Å². The molecule has 3 atom stereocenters. The number of carbonyl (C=O) groups is 2. The fourth-order valence-corrected chi connectivity index (χ4v) is 4.28. The molecule has 150 valence electrons. The Morgan fingerprint density at radius 2 is 1.57 bits per heavy atom. The lowest BCUT2D eigenvalue weighted by molar-refractivity contribution is -0.126. The van der Waals surface area contributed by atoms with Gasteiger partial charge in [0.15, 0.2) is 6.10 Å². The molecule has 2 aromatic carbocycles. The third kappa shape index (κ3) is 2.96. The third-order valence-corrected chi connectivity index (χ3v) is 6.07. The smallest absolute Gasteiger partial charge is 0.266 e. The minimum Gasteiger partial charge on any atom is -0.273 e. The van der Waals surface area contributed by atoms with E-state index in [4.69, 9.17) is 28.0 Å². The van der Waals surface area contributed by atoms with Crippen LogP contribution in [0.2, 0.25) is 10.0 Å². The van der Waals surface area contributed by atoms with Crippen molar-refractivity contribution < 1.29 is 14.4 Å². The normalized spacial score (nSPS) is 23.2.